The van der Waals surface area contributed by atoms with E-state index in [-0.39, 0.29) is 17.8 Å². The Hall–Kier alpha value is -0.800. The van der Waals surface area contributed by atoms with Crippen LogP contribution in [0.3, 0.4) is 0 Å². The average Bonchev–Trinajstić information content (AvgIpc) is 2.69. The topological polar surface area (TPSA) is 31.6 Å². The van der Waals surface area contributed by atoms with Crippen LogP contribution in [0.2, 0.25) is 0 Å². The van der Waals surface area contributed by atoms with Crippen molar-refractivity contribution in [3.05, 3.63) is 24.2 Å². The van der Waals surface area contributed by atoms with Crippen LogP contribution in [0.5, 0.6) is 0 Å². The van der Waals surface area contributed by atoms with E-state index in [1.54, 1.807) is 6.26 Å². The summed E-state index contributed by atoms with van der Waals surface area (Å²) in [4.78, 5) is 0. The molecule has 16 heavy (non-hydrogen) atoms. The lowest BCUT2D eigenvalue weighted by atomic mass is 9.80. The maximum atomic E-state index is 5.99. The first kappa shape index (κ1) is 11.7. The molecule has 1 aromatic heterocycles. The molecule has 2 unspecified atom stereocenters. The highest BCUT2D eigenvalue weighted by atomic mass is 16.7. The van der Waals surface area contributed by atoms with Crippen LogP contribution < -0.4 is 0 Å². The van der Waals surface area contributed by atoms with Crippen molar-refractivity contribution in [2.75, 3.05) is 6.61 Å². The van der Waals surface area contributed by atoms with Gasteiger partial charge in [0.15, 0.2) is 5.76 Å². The summed E-state index contributed by atoms with van der Waals surface area (Å²) in [7, 11) is 0. The molecule has 0 aliphatic carbocycles. The summed E-state index contributed by atoms with van der Waals surface area (Å²) < 4.78 is 17.0. The maximum Gasteiger partial charge on any atom is 0.217 e. The molecule has 0 saturated carbocycles. The Morgan fingerprint density at radius 3 is 2.69 bits per heavy atom. The number of rotatable bonds is 2. The summed E-state index contributed by atoms with van der Waals surface area (Å²) >= 11 is 0. The summed E-state index contributed by atoms with van der Waals surface area (Å²) in [5.74, 6) is 1.22. The van der Waals surface area contributed by atoms with Crippen LogP contribution in [0.25, 0.3) is 0 Å². The lowest BCUT2D eigenvalue weighted by molar-refractivity contribution is -0.279. The van der Waals surface area contributed by atoms with Gasteiger partial charge < -0.3 is 13.9 Å². The van der Waals surface area contributed by atoms with Crippen molar-refractivity contribution in [2.45, 2.75) is 40.1 Å². The van der Waals surface area contributed by atoms with Crippen molar-refractivity contribution < 1.29 is 13.9 Å². The van der Waals surface area contributed by atoms with Crippen LogP contribution in [0, 0.1) is 11.3 Å². The summed E-state index contributed by atoms with van der Waals surface area (Å²) in [5, 5.41) is 0. The zero-order valence-corrected chi connectivity index (χ0v) is 10.4. The molecule has 3 nitrogen and oxygen atoms in total. The van der Waals surface area contributed by atoms with E-state index < -0.39 is 0 Å². The molecule has 0 amide bonds. The SMILES string of the molecule is CC(C)C1OC(c2ccco2)OCC1(C)C. The quantitative estimate of drug-likeness (QED) is 0.771. The molecule has 2 rings (SSSR count). The zero-order chi connectivity index (χ0) is 11.8. The van der Waals surface area contributed by atoms with E-state index in [0.29, 0.717) is 12.5 Å². The van der Waals surface area contributed by atoms with Gasteiger partial charge in [0.2, 0.25) is 6.29 Å². The fourth-order valence-corrected chi connectivity index (χ4v) is 2.36. The summed E-state index contributed by atoms with van der Waals surface area (Å²) in [6, 6.07) is 3.74. The highest BCUT2D eigenvalue weighted by Crippen LogP contribution is 2.39. The molecule has 1 fully saturated rings. The van der Waals surface area contributed by atoms with Crippen molar-refractivity contribution in [1.82, 2.24) is 0 Å². The molecular formula is C13H20O3. The van der Waals surface area contributed by atoms with Gasteiger partial charge in [0.25, 0.3) is 0 Å². The van der Waals surface area contributed by atoms with E-state index in [9.17, 15) is 0 Å². The van der Waals surface area contributed by atoms with Gasteiger partial charge in [0.1, 0.15) is 0 Å². The van der Waals surface area contributed by atoms with Crippen LogP contribution in [0.1, 0.15) is 39.7 Å². The van der Waals surface area contributed by atoms with Crippen molar-refractivity contribution in [1.29, 1.82) is 0 Å². The predicted octanol–water partition coefficient (Wildman–Crippen LogP) is 3.38. The van der Waals surface area contributed by atoms with E-state index >= 15 is 0 Å². The largest absolute Gasteiger partial charge is 0.464 e. The standard InChI is InChI=1S/C13H20O3/c1-9(2)11-13(3,4)8-15-12(16-11)10-6-5-7-14-10/h5-7,9,11-12H,8H2,1-4H3. The third-order valence-electron chi connectivity index (χ3n) is 3.03. The predicted molar refractivity (Wildman–Crippen MR) is 60.9 cm³/mol. The lowest BCUT2D eigenvalue weighted by Crippen LogP contribution is -2.45. The number of hydrogen-bond acceptors (Lipinski definition) is 3. The van der Waals surface area contributed by atoms with Gasteiger partial charge in [-0.1, -0.05) is 27.7 Å². The molecule has 2 heterocycles. The Bertz CT molecular complexity index is 327. The van der Waals surface area contributed by atoms with Gasteiger partial charge in [0.05, 0.1) is 19.0 Å². The fourth-order valence-electron chi connectivity index (χ4n) is 2.36. The van der Waals surface area contributed by atoms with E-state index in [2.05, 4.69) is 27.7 Å². The molecule has 0 radical (unpaired) electrons. The molecule has 3 heteroatoms. The molecule has 1 saturated heterocycles. The zero-order valence-electron chi connectivity index (χ0n) is 10.4. The summed E-state index contributed by atoms with van der Waals surface area (Å²) in [6.45, 7) is 9.40. The smallest absolute Gasteiger partial charge is 0.217 e. The minimum atomic E-state index is -0.351. The van der Waals surface area contributed by atoms with E-state index in [1.807, 2.05) is 12.1 Å². The summed E-state index contributed by atoms with van der Waals surface area (Å²) in [5.41, 5.74) is 0.0528. The number of furan rings is 1. The van der Waals surface area contributed by atoms with Crippen molar-refractivity contribution >= 4 is 0 Å². The Kier molecular flexibility index (Phi) is 3.08. The normalized spacial score (nSPS) is 29.6. The number of ether oxygens (including phenoxy) is 2. The van der Waals surface area contributed by atoms with Gasteiger partial charge in [-0.2, -0.15) is 0 Å². The van der Waals surface area contributed by atoms with Crippen molar-refractivity contribution in [2.24, 2.45) is 11.3 Å². The van der Waals surface area contributed by atoms with Gasteiger partial charge in [-0.25, -0.2) is 0 Å². The third-order valence-corrected chi connectivity index (χ3v) is 3.03. The Balaban J connectivity index is 2.12. The van der Waals surface area contributed by atoms with Crippen LogP contribution in [-0.4, -0.2) is 12.7 Å². The summed E-state index contributed by atoms with van der Waals surface area (Å²) in [6.07, 6.45) is 1.48. The molecule has 1 aromatic rings. The van der Waals surface area contributed by atoms with Gasteiger partial charge in [-0.15, -0.1) is 0 Å². The molecule has 0 bridgehead atoms. The lowest BCUT2D eigenvalue weighted by Gasteiger charge is -2.43. The molecular weight excluding hydrogens is 204 g/mol. The minimum Gasteiger partial charge on any atom is -0.464 e. The van der Waals surface area contributed by atoms with Crippen LogP contribution in [-0.2, 0) is 9.47 Å². The molecule has 1 aliphatic rings. The molecule has 0 N–H and O–H groups in total. The molecule has 2 atom stereocenters. The Morgan fingerprint density at radius 1 is 1.38 bits per heavy atom. The monoisotopic (exact) mass is 224 g/mol. The fraction of sp³-hybridized carbons (Fsp3) is 0.692. The first-order valence-corrected chi connectivity index (χ1v) is 5.81. The second-order valence-electron chi connectivity index (χ2n) is 5.45. The van der Waals surface area contributed by atoms with Crippen molar-refractivity contribution in [3.8, 4) is 0 Å². The highest BCUT2D eigenvalue weighted by Gasteiger charge is 2.41. The van der Waals surface area contributed by atoms with Gasteiger partial charge in [-0.3, -0.25) is 0 Å². The van der Waals surface area contributed by atoms with Crippen LogP contribution in [0.15, 0.2) is 22.8 Å². The molecule has 0 aromatic carbocycles. The average molecular weight is 224 g/mol. The van der Waals surface area contributed by atoms with E-state index in [4.69, 9.17) is 13.9 Å². The van der Waals surface area contributed by atoms with E-state index in [1.165, 1.54) is 0 Å². The first-order valence-electron chi connectivity index (χ1n) is 5.81. The second kappa shape index (κ2) is 4.22. The van der Waals surface area contributed by atoms with Gasteiger partial charge in [-0.05, 0) is 18.1 Å². The first-order chi connectivity index (χ1) is 7.50. The Morgan fingerprint density at radius 2 is 2.12 bits per heavy atom. The Labute approximate surface area is 96.7 Å². The van der Waals surface area contributed by atoms with Crippen LogP contribution in [0.4, 0.5) is 0 Å². The van der Waals surface area contributed by atoms with Crippen LogP contribution >= 0.6 is 0 Å². The maximum absolute atomic E-state index is 5.99. The molecule has 0 spiro atoms. The van der Waals surface area contributed by atoms with Gasteiger partial charge in [0, 0.05) is 5.41 Å². The third kappa shape index (κ3) is 2.15. The minimum absolute atomic E-state index is 0.0528. The highest BCUT2D eigenvalue weighted by molar-refractivity contribution is 5.01. The molecule has 90 valence electrons. The second-order valence-corrected chi connectivity index (χ2v) is 5.45. The van der Waals surface area contributed by atoms with Crippen molar-refractivity contribution in [3.63, 3.8) is 0 Å². The molecule has 1 aliphatic heterocycles. The number of hydrogen-bond donors (Lipinski definition) is 0. The van der Waals surface area contributed by atoms with Gasteiger partial charge >= 0.3 is 0 Å². The van der Waals surface area contributed by atoms with E-state index in [0.717, 1.165) is 5.76 Å².